The van der Waals surface area contributed by atoms with Crippen LogP contribution < -0.4 is 4.74 Å². The zero-order valence-electron chi connectivity index (χ0n) is 15.2. The molecular weight excluding hydrogens is 385 g/mol. The molecule has 1 amide bonds. The fourth-order valence-electron chi connectivity index (χ4n) is 3.12. The predicted octanol–water partition coefficient (Wildman–Crippen LogP) is 4.97. The molecule has 2 unspecified atom stereocenters. The number of nitrogens with zero attached hydrogens (tertiary/aromatic N) is 1. The highest BCUT2D eigenvalue weighted by atomic mass is 35.5. The average Bonchev–Trinajstić information content (AvgIpc) is 3.17. The third-order valence-corrected chi connectivity index (χ3v) is 5.10. The van der Waals surface area contributed by atoms with Crippen molar-refractivity contribution in [1.29, 1.82) is 0 Å². The quantitative estimate of drug-likeness (QED) is 0.650. The van der Waals surface area contributed by atoms with E-state index >= 15 is 0 Å². The van der Waals surface area contributed by atoms with Crippen molar-refractivity contribution >= 4 is 29.1 Å². The average molecular weight is 408 g/mol. The normalized spacial score (nSPS) is 17.5. The molecule has 2 aromatic carbocycles. The van der Waals surface area contributed by atoms with Gasteiger partial charge >= 0.3 is 0 Å². The molecule has 1 heterocycles. The van der Waals surface area contributed by atoms with Crippen LogP contribution >= 0.6 is 23.2 Å². The van der Waals surface area contributed by atoms with E-state index in [1.807, 2.05) is 36.4 Å². The second-order valence-corrected chi connectivity index (χ2v) is 7.51. The van der Waals surface area contributed by atoms with Crippen molar-refractivity contribution in [1.82, 2.24) is 4.90 Å². The van der Waals surface area contributed by atoms with Crippen LogP contribution in [0.15, 0.2) is 48.5 Å². The molecule has 1 aliphatic heterocycles. The van der Waals surface area contributed by atoms with E-state index in [1.54, 1.807) is 24.0 Å². The Bertz CT molecular complexity index is 760. The maximum Gasteiger partial charge on any atom is 0.263 e. The highest BCUT2D eigenvalue weighted by Gasteiger charge is 2.27. The molecule has 1 fully saturated rings. The van der Waals surface area contributed by atoms with Gasteiger partial charge in [0.25, 0.3) is 5.91 Å². The van der Waals surface area contributed by atoms with Gasteiger partial charge in [-0.05, 0) is 49.6 Å². The van der Waals surface area contributed by atoms with Crippen LogP contribution in [-0.4, -0.2) is 36.2 Å². The molecule has 0 aliphatic carbocycles. The Labute approximate surface area is 170 Å². The lowest BCUT2D eigenvalue weighted by Gasteiger charge is -2.28. The topological polar surface area (TPSA) is 38.8 Å². The van der Waals surface area contributed by atoms with Crippen LogP contribution in [0.5, 0.6) is 5.75 Å². The second kappa shape index (κ2) is 9.45. The molecule has 144 valence electrons. The first kappa shape index (κ1) is 20.0. The monoisotopic (exact) mass is 407 g/mol. The Balaban J connectivity index is 1.72. The molecule has 0 saturated carbocycles. The summed E-state index contributed by atoms with van der Waals surface area (Å²) in [7, 11) is 0. The van der Waals surface area contributed by atoms with E-state index < -0.39 is 6.10 Å². The summed E-state index contributed by atoms with van der Waals surface area (Å²) in [6, 6.07) is 14.7. The summed E-state index contributed by atoms with van der Waals surface area (Å²) in [5.41, 5.74) is 1.01. The Morgan fingerprint density at radius 1 is 1.22 bits per heavy atom. The number of hydrogen-bond acceptors (Lipinski definition) is 3. The molecule has 1 saturated heterocycles. The van der Waals surface area contributed by atoms with Crippen molar-refractivity contribution in [2.75, 3.05) is 13.2 Å². The van der Waals surface area contributed by atoms with Gasteiger partial charge in [0.05, 0.1) is 11.1 Å². The second-order valence-electron chi connectivity index (χ2n) is 6.67. The van der Waals surface area contributed by atoms with Crippen LogP contribution in [0, 0.1) is 0 Å². The minimum Gasteiger partial charge on any atom is -0.479 e. The molecular formula is C21H23Cl2NO3. The number of hydrogen-bond donors (Lipinski definition) is 0. The minimum absolute atomic E-state index is 0.0637. The summed E-state index contributed by atoms with van der Waals surface area (Å²) in [6.45, 7) is 3.51. The number of ether oxygens (including phenoxy) is 2. The predicted molar refractivity (Wildman–Crippen MR) is 107 cm³/mol. The molecule has 6 heteroatoms. The van der Waals surface area contributed by atoms with Crippen LogP contribution in [0.3, 0.4) is 0 Å². The molecule has 2 atom stereocenters. The van der Waals surface area contributed by atoms with Crippen molar-refractivity contribution in [3.63, 3.8) is 0 Å². The molecule has 0 radical (unpaired) electrons. The van der Waals surface area contributed by atoms with Gasteiger partial charge in [-0.15, -0.1) is 0 Å². The van der Waals surface area contributed by atoms with Crippen LogP contribution in [0.25, 0.3) is 0 Å². The Hall–Kier alpha value is -1.75. The van der Waals surface area contributed by atoms with E-state index in [9.17, 15) is 4.79 Å². The largest absolute Gasteiger partial charge is 0.479 e. The molecule has 4 nitrogen and oxygen atoms in total. The van der Waals surface area contributed by atoms with Crippen LogP contribution in [0.2, 0.25) is 10.0 Å². The summed E-state index contributed by atoms with van der Waals surface area (Å²) in [4.78, 5) is 14.9. The van der Waals surface area contributed by atoms with Crippen LogP contribution in [0.1, 0.15) is 25.3 Å². The molecule has 0 N–H and O–H groups in total. The lowest BCUT2D eigenvalue weighted by molar-refractivity contribution is -0.140. The van der Waals surface area contributed by atoms with Gasteiger partial charge in [0.2, 0.25) is 0 Å². The van der Waals surface area contributed by atoms with Crippen LogP contribution in [-0.2, 0) is 16.1 Å². The van der Waals surface area contributed by atoms with Crippen molar-refractivity contribution in [3.8, 4) is 5.75 Å². The van der Waals surface area contributed by atoms with Gasteiger partial charge < -0.3 is 14.4 Å². The van der Waals surface area contributed by atoms with E-state index in [2.05, 4.69) is 0 Å². The van der Waals surface area contributed by atoms with Crippen LogP contribution in [0.4, 0.5) is 0 Å². The molecule has 0 spiro atoms. The zero-order valence-corrected chi connectivity index (χ0v) is 16.7. The first-order chi connectivity index (χ1) is 13.0. The Morgan fingerprint density at radius 3 is 2.63 bits per heavy atom. The number of para-hydroxylation sites is 1. The number of halogens is 2. The number of amides is 1. The van der Waals surface area contributed by atoms with Crippen molar-refractivity contribution in [2.24, 2.45) is 0 Å². The lowest BCUT2D eigenvalue weighted by Crippen LogP contribution is -2.43. The van der Waals surface area contributed by atoms with E-state index in [0.29, 0.717) is 28.9 Å². The molecule has 2 aromatic rings. The Morgan fingerprint density at radius 2 is 1.96 bits per heavy atom. The summed E-state index contributed by atoms with van der Waals surface area (Å²) in [5, 5.41) is 1.16. The minimum atomic E-state index is -0.654. The summed E-state index contributed by atoms with van der Waals surface area (Å²) in [6.07, 6.45) is 1.40. The first-order valence-corrected chi connectivity index (χ1v) is 9.84. The van der Waals surface area contributed by atoms with Crippen molar-refractivity contribution < 1.29 is 14.3 Å². The fourth-order valence-corrected chi connectivity index (χ4v) is 3.42. The summed E-state index contributed by atoms with van der Waals surface area (Å²) in [5.74, 6) is 0.406. The Kier molecular flexibility index (Phi) is 7.00. The van der Waals surface area contributed by atoms with E-state index in [-0.39, 0.29) is 12.0 Å². The molecule has 0 bridgehead atoms. The summed E-state index contributed by atoms with van der Waals surface area (Å²) >= 11 is 12.1. The third-order valence-electron chi connectivity index (χ3n) is 4.53. The van der Waals surface area contributed by atoms with Gasteiger partial charge in [0.15, 0.2) is 6.10 Å². The fraction of sp³-hybridized carbons (Fsp3) is 0.381. The molecule has 3 rings (SSSR count). The standard InChI is InChI=1S/C21H23Cl2NO3/c1-15(27-20-7-3-2-6-19(20)23)21(25)24(14-18-5-4-12-26-18)13-16-8-10-17(22)11-9-16/h2-3,6-11,15,18H,4-5,12-14H2,1H3. The highest BCUT2D eigenvalue weighted by molar-refractivity contribution is 6.32. The van der Waals surface area contributed by atoms with Crippen molar-refractivity contribution in [2.45, 2.75) is 38.5 Å². The van der Waals surface area contributed by atoms with E-state index in [1.165, 1.54) is 0 Å². The SMILES string of the molecule is CC(Oc1ccccc1Cl)C(=O)N(Cc1ccc(Cl)cc1)CC1CCCO1. The van der Waals surface area contributed by atoms with E-state index in [0.717, 1.165) is 25.0 Å². The lowest BCUT2D eigenvalue weighted by atomic mass is 10.1. The van der Waals surface area contributed by atoms with Gasteiger partial charge in [0.1, 0.15) is 5.75 Å². The summed E-state index contributed by atoms with van der Waals surface area (Å²) < 4.78 is 11.6. The molecule has 27 heavy (non-hydrogen) atoms. The van der Waals surface area contributed by atoms with E-state index in [4.69, 9.17) is 32.7 Å². The first-order valence-electron chi connectivity index (χ1n) is 9.09. The third kappa shape index (κ3) is 5.61. The number of carbonyl (C=O) groups is 1. The number of carbonyl (C=O) groups excluding carboxylic acids is 1. The maximum atomic E-state index is 13.1. The highest BCUT2D eigenvalue weighted by Crippen LogP contribution is 2.25. The molecule has 1 aliphatic rings. The number of benzene rings is 2. The van der Waals surface area contributed by atoms with Gasteiger partial charge in [-0.1, -0.05) is 47.5 Å². The van der Waals surface area contributed by atoms with Gasteiger partial charge in [-0.2, -0.15) is 0 Å². The maximum absolute atomic E-state index is 13.1. The van der Waals surface area contributed by atoms with Gasteiger partial charge in [0, 0.05) is 24.7 Å². The number of rotatable bonds is 7. The van der Waals surface area contributed by atoms with Gasteiger partial charge in [-0.25, -0.2) is 0 Å². The smallest absolute Gasteiger partial charge is 0.263 e. The molecule has 0 aromatic heterocycles. The van der Waals surface area contributed by atoms with Crippen molar-refractivity contribution in [3.05, 3.63) is 64.1 Å². The zero-order chi connectivity index (χ0) is 19.2. The van der Waals surface area contributed by atoms with Gasteiger partial charge in [-0.3, -0.25) is 4.79 Å².